The number of carbonyl (C=O) groups is 1. The van der Waals surface area contributed by atoms with Crippen molar-refractivity contribution in [1.82, 2.24) is 15.0 Å². The predicted molar refractivity (Wildman–Crippen MR) is 139 cm³/mol. The Kier molecular flexibility index (Phi) is 8.14. The molecule has 0 radical (unpaired) electrons. The zero-order chi connectivity index (χ0) is 30.3. The van der Waals surface area contributed by atoms with Gasteiger partial charge in [0.05, 0.1) is 49.9 Å². The molecular weight excluding hydrogens is 608 g/mol. The molecule has 0 aliphatic heterocycles. The maximum Gasteiger partial charge on any atom is 0.422 e. The Bertz CT molecular complexity index is 1600. The van der Waals surface area contributed by atoms with Gasteiger partial charge in [0.25, 0.3) is 5.91 Å². The Morgan fingerprint density at radius 1 is 1.02 bits per heavy atom. The summed E-state index contributed by atoms with van der Waals surface area (Å²) in [5, 5.41) is 3.81. The highest BCUT2D eigenvalue weighted by Crippen LogP contribution is 2.44. The van der Waals surface area contributed by atoms with Crippen LogP contribution in [0.15, 0.2) is 36.7 Å². The molecule has 4 rings (SSSR count). The van der Waals surface area contributed by atoms with Gasteiger partial charge in [-0.05, 0) is 24.3 Å². The van der Waals surface area contributed by atoms with Crippen molar-refractivity contribution in [3.63, 3.8) is 0 Å². The third-order valence-corrected chi connectivity index (χ3v) is 6.01. The molecule has 2 aromatic carbocycles. The molecule has 0 aliphatic rings. The van der Waals surface area contributed by atoms with Crippen LogP contribution in [0.25, 0.3) is 11.0 Å². The van der Waals surface area contributed by atoms with Crippen molar-refractivity contribution in [3.8, 4) is 5.75 Å². The molecule has 17 heteroatoms. The third-order valence-electron chi connectivity index (χ3n) is 5.42. The van der Waals surface area contributed by atoms with E-state index in [-0.39, 0.29) is 32.6 Å². The van der Waals surface area contributed by atoms with Gasteiger partial charge in [0.2, 0.25) is 0 Å². The SMILES string of the molecule is CN(C)c1cc(C(F)(F)F)c(Nc2c(Cl)cc(F)cc2Cl)c(NC(=O)c2cc3[nH]cnc3cc2OCC(F)(F)F)n1. The van der Waals surface area contributed by atoms with Crippen molar-refractivity contribution >= 4 is 63.2 Å². The van der Waals surface area contributed by atoms with Crippen LogP contribution in [-0.2, 0) is 6.18 Å². The number of hydrogen-bond donors (Lipinski definition) is 3. The first kappa shape index (κ1) is 30.0. The van der Waals surface area contributed by atoms with Crippen LogP contribution in [0.5, 0.6) is 5.75 Å². The van der Waals surface area contributed by atoms with Gasteiger partial charge in [-0.1, -0.05) is 23.2 Å². The lowest BCUT2D eigenvalue weighted by molar-refractivity contribution is -0.153. The first-order chi connectivity index (χ1) is 19.0. The molecule has 218 valence electrons. The molecule has 4 aromatic rings. The molecule has 0 saturated carbocycles. The average Bonchev–Trinajstić information content (AvgIpc) is 3.31. The molecule has 0 atom stereocenters. The lowest BCUT2D eigenvalue weighted by atomic mass is 10.1. The number of carbonyl (C=O) groups excluding carboxylic acids is 1. The molecule has 0 spiro atoms. The minimum atomic E-state index is -5.02. The van der Waals surface area contributed by atoms with Crippen LogP contribution in [-0.4, -0.2) is 47.7 Å². The van der Waals surface area contributed by atoms with Crippen LogP contribution >= 0.6 is 23.2 Å². The molecule has 0 saturated heterocycles. The fourth-order valence-corrected chi connectivity index (χ4v) is 4.14. The van der Waals surface area contributed by atoms with Crippen molar-refractivity contribution in [1.29, 1.82) is 0 Å². The molecule has 2 aromatic heterocycles. The number of amides is 1. The van der Waals surface area contributed by atoms with Gasteiger partial charge in [0.1, 0.15) is 17.4 Å². The van der Waals surface area contributed by atoms with Crippen molar-refractivity contribution < 1.29 is 40.3 Å². The number of halogens is 9. The van der Waals surface area contributed by atoms with Crippen molar-refractivity contribution in [3.05, 3.63) is 63.6 Å². The first-order valence-electron chi connectivity index (χ1n) is 11.2. The zero-order valence-electron chi connectivity index (χ0n) is 20.7. The second kappa shape index (κ2) is 11.1. The second-order valence-corrected chi connectivity index (χ2v) is 9.45. The fourth-order valence-electron chi connectivity index (χ4n) is 3.58. The first-order valence-corrected chi connectivity index (χ1v) is 12.0. The standard InChI is InChI=1S/C24H17Cl2F7N6O2/c1-39(2)18-6-12(24(31,32)33)19(37-20-13(25)3-10(27)4-14(20)26)21(36-18)38-22(40)11-5-15-16(35-9-34-15)7-17(11)41-8-23(28,29)30/h3-7,9,37H,8H2,1-2H3,(H,34,35)(H,36,38,40). The van der Waals surface area contributed by atoms with Crippen LogP contribution in [0.3, 0.4) is 0 Å². The zero-order valence-corrected chi connectivity index (χ0v) is 22.2. The Morgan fingerprint density at radius 3 is 2.27 bits per heavy atom. The molecule has 0 bridgehead atoms. The molecule has 0 unspecified atom stereocenters. The summed E-state index contributed by atoms with van der Waals surface area (Å²) in [6.45, 7) is -1.76. The van der Waals surface area contributed by atoms with Gasteiger partial charge in [0, 0.05) is 20.2 Å². The Labute approximate surface area is 236 Å². The highest BCUT2D eigenvalue weighted by Gasteiger charge is 2.37. The summed E-state index contributed by atoms with van der Waals surface area (Å²) in [6, 6.07) is 4.45. The number of ether oxygens (including phenoxy) is 1. The van der Waals surface area contributed by atoms with Crippen molar-refractivity contribution in [2.45, 2.75) is 12.4 Å². The van der Waals surface area contributed by atoms with Gasteiger partial charge in [0.15, 0.2) is 12.4 Å². The summed E-state index contributed by atoms with van der Waals surface area (Å²) < 4.78 is 99.9. The number of imidazole rings is 1. The number of alkyl halides is 6. The van der Waals surface area contributed by atoms with E-state index in [1.165, 1.54) is 25.3 Å². The third kappa shape index (κ3) is 6.85. The Morgan fingerprint density at radius 2 is 1.68 bits per heavy atom. The summed E-state index contributed by atoms with van der Waals surface area (Å²) in [6.07, 6.45) is -8.57. The number of benzene rings is 2. The van der Waals surface area contributed by atoms with Crippen LogP contribution in [0.4, 0.5) is 53.7 Å². The van der Waals surface area contributed by atoms with E-state index >= 15 is 0 Å². The van der Waals surface area contributed by atoms with Gasteiger partial charge in [-0.2, -0.15) is 26.3 Å². The van der Waals surface area contributed by atoms with E-state index in [2.05, 4.69) is 25.6 Å². The number of fused-ring (bicyclic) bond motifs is 1. The highest BCUT2D eigenvalue weighted by molar-refractivity contribution is 6.39. The Hall–Kier alpha value is -3.98. The summed E-state index contributed by atoms with van der Waals surface area (Å²) in [7, 11) is 2.79. The molecule has 0 aliphatic carbocycles. The van der Waals surface area contributed by atoms with Crippen LogP contribution in [0, 0.1) is 5.82 Å². The lowest BCUT2D eigenvalue weighted by Crippen LogP contribution is -2.23. The summed E-state index contributed by atoms with van der Waals surface area (Å²) in [5.41, 5.74) is -2.56. The normalized spacial score (nSPS) is 12.0. The fraction of sp³-hybridized carbons (Fsp3) is 0.208. The molecule has 1 amide bonds. The van der Waals surface area contributed by atoms with Crippen LogP contribution in [0.2, 0.25) is 10.0 Å². The lowest BCUT2D eigenvalue weighted by Gasteiger charge is -2.23. The molecule has 8 nitrogen and oxygen atoms in total. The minimum Gasteiger partial charge on any atom is -0.483 e. The van der Waals surface area contributed by atoms with E-state index in [9.17, 15) is 35.5 Å². The van der Waals surface area contributed by atoms with E-state index in [0.29, 0.717) is 6.07 Å². The summed E-state index contributed by atoms with van der Waals surface area (Å²) in [5.74, 6) is -3.52. The minimum absolute atomic E-state index is 0.161. The summed E-state index contributed by atoms with van der Waals surface area (Å²) >= 11 is 12.0. The number of nitrogens with one attached hydrogen (secondary N) is 3. The monoisotopic (exact) mass is 624 g/mol. The van der Waals surface area contributed by atoms with Gasteiger partial charge >= 0.3 is 12.4 Å². The van der Waals surface area contributed by atoms with E-state index in [0.717, 1.165) is 24.3 Å². The smallest absolute Gasteiger partial charge is 0.422 e. The van der Waals surface area contributed by atoms with Gasteiger partial charge in [-0.15, -0.1) is 0 Å². The van der Waals surface area contributed by atoms with E-state index < -0.39 is 59.1 Å². The quantitative estimate of drug-likeness (QED) is 0.185. The number of pyridine rings is 1. The molecule has 0 fully saturated rings. The highest BCUT2D eigenvalue weighted by atomic mass is 35.5. The maximum atomic E-state index is 14.3. The molecule has 3 N–H and O–H groups in total. The number of anilines is 4. The summed E-state index contributed by atoms with van der Waals surface area (Å²) in [4.78, 5) is 25.3. The molecule has 41 heavy (non-hydrogen) atoms. The average molecular weight is 625 g/mol. The van der Waals surface area contributed by atoms with Crippen molar-refractivity contribution in [2.75, 3.05) is 36.2 Å². The van der Waals surface area contributed by atoms with E-state index in [1.807, 2.05) is 0 Å². The second-order valence-electron chi connectivity index (χ2n) is 8.64. The number of aromatic amines is 1. The van der Waals surface area contributed by atoms with Gasteiger partial charge in [-0.3, -0.25) is 4.79 Å². The topological polar surface area (TPSA) is 95.2 Å². The number of aromatic nitrogens is 3. The maximum absolute atomic E-state index is 14.3. The van der Waals surface area contributed by atoms with E-state index in [1.54, 1.807) is 0 Å². The number of rotatable bonds is 7. The Balaban J connectivity index is 1.86. The van der Waals surface area contributed by atoms with E-state index in [4.69, 9.17) is 27.9 Å². The van der Waals surface area contributed by atoms with Crippen LogP contribution in [0.1, 0.15) is 15.9 Å². The molecular formula is C24H17Cl2F7N6O2. The van der Waals surface area contributed by atoms with Crippen molar-refractivity contribution in [2.24, 2.45) is 0 Å². The number of hydrogen-bond acceptors (Lipinski definition) is 6. The van der Waals surface area contributed by atoms with Gasteiger partial charge in [-0.25, -0.2) is 14.4 Å². The number of H-pyrrole nitrogens is 1. The largest absolute Gasteiger partial charge is 0.483 e. The van der Waals surface area contributed by atoms with Gasteiger partial charge < -0.3 is 25.3 Å². The van der Waals surface area contributed by atoms with Crippen LogP contribution < -0.4 is 20.3 Å². The molecule has 2 heterocycles. The number of nitrogens with zero attached hydrogens (tertiary/aromatic N) is 3. The predicted octanol–water partition coefficient (Wildman–Crippen LogP) is 7.43.